The summed E-state index contributed by atoms with van der Waals surface area (Å²) in [6.45, 7) is 14.4. The number of rotatable bonds is 6. The molecule has 0 aliphatic carbocycles. The fourth-order valence-corrected chi connectivity index (χ4v) is 2.74. The monoisotopic (exact) mass is 508 g/mol. The van der Waals surface area contributed by atoms with Crippen LogP contribution in [-0.2, 0) is 25.4 Å². The number of carbonyl (C=O) groups is 2. The number of hydrogen-bond acceptors (Lipinski definition) is 4. The summed E-state index contributed by atoms with van der Waals surface area (Å²) in [4.78, 5) is 21.8. The van der Waals surface area contributed by atoms with Crippen molar-refractivity contribution in [3.05, 3.63) is 114 Å². The van der Waals surface area contributed by atoms with Gasteiger partial charge in [0, 0.05) is 6.61 Å². The van der Waals surface area contributed by atoms with Crippen molar-refractivity contribution in [3.63, 3.8) is 0 Å². The summed E-state index contributed by atoms with van der Waals surface area (Å²) < 4.78 is 12.4. The van der Waals surface area contributed by atoms with Gasteiger partial charge in [-0.25, -0.2) is 0 Å². The van der Waals surface area contributed by atoms with Gasteiger partial charge in [0.25, 0.3) is 0 Å². The summed E-state index contributed by atoms with van der Waals surface area (Å²) in [6.07, 6.45) is 1.14. The Labute approximate surface area is 221 Å². The van der Waals surface area contributed by atoms with Crippen molar-refractivity contribution < 1.29 is 29.2 Å². The molecular formula is C31H40O6. The number of ether oxygens (including phenoxy) is 1. The SMILES string of the molecule is CC(C(=O)O)c1ccccc1.CCO.CCOC(=O)C(C)c1ccccc1.CCc1ccccc1.[C-]#[O+]. The number of aliphatic hydroxyl groups is 1. The zero-order valence-electron chi connectivity index (χ0n) is 22.5. The standard InChI is InChI=1S/C11H14O2.C9H10O2.C8H10.C2H6O.CO/c1-3-13-11(12)9(2)10-7-5-4-6-8-10;1-7(9(10)11)8-5-3-2-4-6-8;1-2-8-6-4-3-5-7-8;1-2-3;1-2/h4-9H,3H2,1-2H3;2-7H,1H3,(H,10,11);3-7H,2H2,1H3;3H,2H2,1H3;. The van der Waals surface area contributed by atoms with E-state index in [4.69, 9.17) is 19.6 Å². The van der Waals surface area contributed by atoms with Crippen molar-refractivity contribution in [1.82, 2.24) is 0 Å². The molecule has 37 heavy (non-hydrogen) atoms. The molecule has 0 radical (unpaired) electrons. The van der Waals surface area contributed by atoms with Gasteiger partial charge in [-0.2, -0.15) is 0 Å². The molecule has 0 aromatic heterocycles. The van der Waals surface area contributed by atoms with Crippen LogP contribution in [0.1, 0.15) is 63.1 Å². The Balaban J connectivity index is 0. The molecule has 200 valence electrons. The van der Waals surface area contributed by atoms with Crippen molar-refractivity contribution in [2.24, 2.45) is 0 Å². The number of carboxylic acid groups (broad SMARTS) is 1. The van der Waals surface area contributed by atoms with Crippen molar-refractivity contribution >= 4 is 11.9 Å². The first-order valence-electron chi connectivity index (χ1n) is 12.2. The summed E-state index contributed by atoms with van der Waals surface area (Å²) in [5, 5.41) is 16.2. The van der Waals surface area contributed by atoms with Crippen LogP contribution in [0.25, 0.3) is 0 Å². The van der Waals surface area contributed by atoms with Crippen LogP contribution in [0.15, 0.2) is 91.0 Å². The second-order valence-corrected chi connectivity index (χ2v) is 7.51. The summed E-state index contributed by atoms with van der Waals surface area (Å²) in [6, 6.07) is 29.3. The van der Waals surface area contributed by atoms with Crippen LogP contribution in [0, 0.1) is 6.65 Å². The van der Waals surface area contributed by atoms with Crippen LogP contribution in [0.2, 0.25) is 0 Å². The molecule has 3 aromatic carbocycles. The van der Waals surface area contributed by atoms with E-state index in [0.29, 0.717) is 6.61 Å². The van der Waals surface area contributed by atoms with Gasteiger partial charge in [0.05, 0.1) is 18.4 Å². The van der Waals surface area contributed by atoms with Gasteiger partial charge < -0.3 is 14.9 Å². The van der Waals surface area contributed by atoms with Gasteiger partial charge in [0.2, 0.25) is 0 Å². The van der Waals surface area contributed by atoms with E-state index in [1.807, 2.05) is 80.6 Å². The molecule has 0 fully saturated rings. The third-order valence-corrected chi connectivity index (χ3v) is 4.86. The Morgan fingerprint density at radius 1 is 0.757 bits per heavy atom. The third-order valence-electron chi connectivity index (χ3n) is 4.86. The minimum absolute atomic E-state index is 0.159. The molecule has 6 heteroatoms. The Morgan fingerprint density at radius 2 is 1.11 bits per heavy atom. The van der Waals surface area contributed by atoms with E-state index in [2.05, 4.69) is 37.8 Å². The van der Waals surface area contributed by atoms with Crippen LogP contribution < -0.4 is 0 Å². The maximum absolute atomic E-state index is 11.3. The van der Waals surface area contributed by atoms with E-state index in [1.165, 1.54) is 5.56 Å². The summed E-state index contributed by atoms with van der Waals surface area (Å²) >= 11 is 0. The molecule has 3 aromatic rings. The molecule has 0 amide bonds. The molecule has 0 bridgehead atoms. The quantitative estimate of drug-likeness (QED) is 0.227. The number of aliphatic carboxylic acids is 1. The second kappa shape index (κ2) is 24.0. The predicted molar refractivity (Wildman–Crippen MR) is 146 cm³/mol. The van der Waals surface area contributed by atoms with E-state index >= 15 is 0 Å². The van der Waals surface area contributed by atoms with Crippen molar-refractivity contribution in [3.8, 4) is 0 Å². The molecule has 6 nitrogen and oxygen atoms in total. The second-order valence-electron chi connectivity index (χ2n) is 7.51. The summed E-state index contributed by atoms with van der Waals surface area (Å²) in [5.41, 5.74) is 3.26. The fraction of sp³-hybridized carbons (Fsp3) is 0.323. The average Bonchev–Trinajstić information content (AvgIpc) is 2.96. The number of carboxylic acids is 1. The molecule has 0 saturated heterocycles. The van der Waals surface area contributed by atoms with Gasteiger partial charge in [0.1, 0.15) is 0 Å². The Morgan fingerprint density at radius 3 is 1.41 bits per heavy atom. The van der Waals surface area contributed by atoms with E-state index in [-0.39, 0.29) is 18.5 Å². The van der Waals surface area contributed by atoms with Gasteiger partial charge in [-0.3, -0.25) is 9.59 Å². The van der Waals surface area contributed by atoms with E-state index < -0.39 is 11.9 Å². The molecule has 0 spiro atoms. The van der Waals surface area contributed by atoms with Crippen LogP contribution in [0.4, 0.5) is 0 Å². The average molecular weight is 509 g/mol. The molecule has 0 aliphatic heterocycles. The first kappa shape index (κ1) is 35.5. The van der Waals surface area contributed by atoms with Gasteiger partial charge >= 0.3 is 23.2 Å². The van der Waals surface area contributed by atoms with E-state index in [1.54, 1.807) is 13.8 Å². The first-order valence-corrected chi connectivity index (χ1v) is 12.2. The zero-order valence-corrected chi connectivity index (χ0v) is 22.5. The predicted octanol–water partition coefficient (Wildman–Crippen LogP) is 6.44. The number of aryl methyl sites for hydroxylation is 1. The van der Waals surface area contributed by atoms with Crippen molar-refractivity contribution in [2.45, 2.75) is 52.9 Å². The number of hydrogen-bond donors (Lipinski definition) is 2. The van der Waals surface area contributed by atoms with Crippen LogP contribution in [0.5, 0.6) is 0 Å². The van der Waals surface area contributed by atoms with Crippen LogP contribution >= 0.6 is 0 Å². The first-order chi connectivity index (χ1) is 17.8. The normalized spacial score (nSPS) is 10.5. The molecule has 2 unspecified atom stereocenters. The molecule has 0 aliphatic rings. The van der Waals surface area contributed by atoms with Crippen molar-refractivity contribution in [2.75, 3.05) is 13.2 Å². The van der Waals surface area contributed by atoms with E-state index in [0.717, 1.165) is 17.5 Å². The van der Waals surface area contributed by atoms with Crippen molar-refractivity contribution in [1.29, 1.82) is 0 Å². The third kappa shape index (κ3) is 17.4. The fourth-order valence-electron chi connectivity index (χ4n) is 2.74. The van der Waals surface area contributed by atoms with Gasteiger partial charge in [0.15, 0.2) is 0 Å². The molecule has 2 atom stereocenters. The Bertz CT molecular complexity index is 956. The summed E-state index contributed by atoms with van der Waals surface area (Å²) in [5.74, 6) is -1.51. The minimum atomic E-state index is -0.781. The molecule has 3 rings (SSSR count). The molecular weight excluding hydrogens is 468 g/mol. The van der Waals surface area contributed by atoms with Gasteiger partial charge in [-0.05, 0) is 50.8 Å². The van der Waals surface area contributed by atoms with Crippen LogP contribution in [-0.4, -0.2) is 35.4 Å². The number of aliphatic hydroxyl groups excluding tert-OH is 1. The van der Waals surface area contributed by atoms with E-state index in [9.17, 15) is 9.59 Å². The van der Waals surface area contributed by atoms with Gasteiger partial charge in [-0.1, -0.05) is 97.9 Å². The maximum atomic E-state index is 11.3. The Hall–Kier alpha value is -3.70. The zero-order chi connectivity index (χ0) is 28.5. The Kier molecular flexibility index (Phi) is 23.0. The molecule has 0 heterocycles. The molecule has 2 N–H and O–H groups in total. The number of esters is 1. The number of benzene rings is 3. The van der Waals surface area contributed by atoms with Crippen LogP contribution in [0.3, 0.4) is 0 Å². The number of carbonyl (C=O) groups excluding carboxylic acids is 1. The van der Waals surface area contributed by atoms with Gasteiger partial charge in [-0.15, -0.1) is 0 Å². The molecule has 0 saturated carbocycles. The summed E-state index contributed by atoms with van der Waals surface area (Å²) in [7, 11) is 0. The topological polar surface area (TPSA) is 104 Å².